The van der Waals surface area contributed by atoms with Gasteiger partial charge in [-0.2, -0.15) is 0 Å². The molecule has 4 nitrogen and oxygen atoms in total. The number of benzene rings is 1. The quantitative estimate of drug-likeness (QED) is 0.871. The molecule has 0 aliphatic heterocycles. The summed E-state index contributed by atoms with van der Waals surface area (Å²) in [6.07, 6.45) is 1.72. The summed E-state index contributed by atoms with van der Waals surface area (Å²) in [5.74, 6) is 1.97. The van der Waals surface area contributed by atoms with Gasteiger partial charge in [-0.05, 0) is 37.6 Å². The minimum atomic E-state index is -0.528. The van der Waals surface area contributed by atoms with Crippen molar-refractivity contribution in [1.82, 2.24) is 4.98 Å². The van der Waals surface area contributed by atoms with Crippen molar-refractivity contribution in [2.45, 2.75) is 26.4 Å². The van der Waals surface area contributed by atoms with Crippen LogP contribution in [0.15, 0.2) is 42.6 Å². The zero-order valence-corrected chi connectivity index (χ0v) is 11.7. The molecule has 0 saturated heterocycles. The van der Waals surface area contributed by atoms with Crippen LogP contribution in [-0.4, -0.2) is 16.7 Å². The largest absolute Gasteiger partial charge is 0.490 e. The van der Waals surface area contributed by atoms with Crippen molar-refractivity contribution >= 4 is 0 Å². The molecule has 106 valence electrons. The van der Waals surface area contributed by atoms with E-state index in [1.165, 1.54) is 0 Å². The first-order chi connectivity index (χ1) is 9.74. The van der Waals surface area contributed by atoms with Gasteiger partial charge < -0.3 is 14.6 Å². The van der Waals surface area contributed by atoms with Gasteiger partial charge in [-0.3, -0.25) is 4.98 Å². The summed E-state index contributed by atoms with van der Waals surface area (Å²) in [6, 6.07) is 11.1. The van der Waals surface area contributed by atoms with E-state index in [0.717, 1.165) is 0 Å². The van der Waals surface area contributed by atoms with Crippen molar-refractivity contribution < 1.29 is 14.6 Å². The summed E-state index contributed by atoms with van der Waals surface area (Å²) in [7, 11) is 0. The average molecular weight is 273 g/mol. The Bertz CT molecular complexity index is 540. The molecule has 0 saturated carbocycles. The van der Waals surface area contributed by atoms with E-state index in [1.54, 1.807) is 18.3 Å². The number of ether oxygens (including phenoxy) is 2. The fourth-order valence-corrected chi connectivity index (χ4v) is 1.79. The smallest absolute Gasteiger partial charge is 0.169 e. The summed E-state index contributed by atoms with van der Waals surface area (Å²) >= 11 is 0. The Labute approximate surface area is 119 Å². The van der Waals surface area contributed by atoms with Gasteiger partial charge in [0.15, 0.2) is 11.5 Å². The van der Waals surface area contributed by atoms with Gasteiger partial charge in [-0.25, -0.2) is 0 Å². The molecule has 1 atom stereocenters. The molecule has 2 aromatic rings. The topological polar surface area (TPSA) is 51.6 Å². The predicted molar refractivity (Wildman–Crippen MR) is 77.2 cm³/mol. The highest BCUT2D eigenvalue weighted by molar-refractivity contribution is 5.42. The first-order valence-electron chi connectivity index (χ1n) is 6.78. The number of aromatic nitrogens is 1. The minimum Gasteiger partial charge on any atom is -0.490 e. The number of para-hydroxylation sites is 2. The maximum atomic E-state index is 9.70. The van der Waals surface area contributed by atoms with E-state index in [-0.39, 0.29) is 0 Å². The summed E-state index contributed by atoms with van der Waals surface area (Å²) in [5.41, 5.74) is 0.651. The van der Waals surface area contributed by atoms with Crippen LogP contribution in [0.5, 0.6) is 17.2 Å². The molecular weight excluding hydrogens is 254 g/mol. The predicted octanol–water partition coefficient (Wildman–Crippen LogP) is 3.72. The van der Waals surface area contributed by atoms with Crippen molar-refractivity contribution in [3.8, 4) is 17.2 Å². The number of aliphatic hydroxyl groups excluding tert-OH is 1. The number of hydrogen-bond acceptors (Lipinski definition) is 4. The van der Waals surface area contributed by atoms with Crippen molar-refractivity contribution in [3.63, 3.8) is 0 Å². The Morgan fingerprint density at radius 1 is 1.10 bits per heavy atom. The Morgan fingerprint density at radius 3 is 2.45 bits per heavy atom. The molecule has 20 heavy (non-hydrogen) atoms. The zero-order chi connectivity index (χ0) is 14.4. The summed E-state index contributed by atoms with van der Waals surface area (Å²) in [6.45, 7) is 4.43. The van der Waals surface area contributed by atoms with E-state index in [2.05, 4.69) is 4.98 Å². The highest BCUT2D eigenvalue weighted by Crippen LogP contribution is 2.31. The first kappa shape index (κ1) is 14.3. The van der Waals surface area contributed by atoms with E-state index in [4.69, 9.17) is 9.47 Å². The van der Waals surface area contributed by atoms with E-state index in [9.17, 15) is 5.11 Å². The molecule has 1 aromatic heterocycles. The molecule has 0 spiro atoms. The summed E-state index contributed by atoms with van der Waals surface area (Å²) in [4.78, 5) is 4.21. The Hall–Kier alpha value is -2.07. The molecule has 2 rings (SSSR count). The van der Waals surface area contributed by atoms with Crippen molar-refractivity contribution in [3.05, 3.63) is 48.3 Å². The highest BCUT2D eigenvalue weighted by Gasteiger charge is 2.08. The van der Waals surface area contributed by atoms with E-state index < -0.39 is 6.10 Å². The van der Waals surface area contributed by atoms with Crippen LogP contribution in [0.3, 0.4) is 0 Å². The summed E-state index contributed by atoms with van der Waals surface area (Å²) in [5, 5.41) is 9.70. The fourth-order valence-electron chi connectivity index (χ4n) is 1.79. The van der Waals surface area contributed by atoms with E-state index in [0.29, 0.717) is 36.0 Å². The lowest BCUT2D eigenvalue weighted by Gasteiger charge is -2.12. The van der Waals surface area contributed by atoms with Crippen LogP contribution in [0.2, 0.25) is 0 Å². The van der Waals surface area contributed by atoms with Crippen LogP contribution in [-0.2, 0) is 0 Å². The van der Waals surface area contributed by atoms with Crippen LogP contribution in [0, 0.1) is 0 Å². The minimum absolute atomic E-state index is 0.528. The number of nitrogens with zero attached hydrogens (tertiary/aromatic N) is 1. The molecule has 0 unspecified atom stereocenters. The zero-order valence-electron chi connectivity index (χ0n) is 11.7. The second kappa shape index (κ2) is 6.91. The third-order valence-electron chi connectivity index (χ3n) is 2.86. The van der Waals surface area contributed by atoms with Crippen LogP contribution < -0.4 is 9.47 Å². The molecule has 0 amide bonds. The van der Waals surface area contributed by atoms with Gasteiger partial charge in [0.1, 0.15) is 5.75 Å². The molecule has 0 fully saturated rings. The lowest BCUT2D eigenvalue weighted by molar-refractivity contribution is 0.169. The van der Waals surface area contributed by atoms with Crippen LogP contribution >= 0.6 is 0 Å². The highest BCUT2D eigenvalue weighted by atomic mass is 16.5. The Balaban J connectivity index is 2.14. The number of aliphatic hydroxyl groups is 1. The molecule has 4 heteroatoms. The van der Waals surface area contributed by atoms with Gasteiger partial charge in [-0.1, -0.05) is 19.1 Å². The maximum Gasteiger partial charge on any atom is 0.169 e. The first-order valence-corrected chi connectivity index (χ1v) is 6.78. The van der Waals surface area contributed by atoms with Gasteiger partial charge >= 0.3 is 0 Å². The maximum absolute atomic E-state index is 9.70. The SMILES string of the molecule is CCOc1ccccc1Oc1ccc([C@H](O)CC)nc1. The second-order valence-corrected chi connectivity index (χ2v) is 4.32. The van der Waals surface area contributed by atoms with Gasteiger partial charge in [0, 0.05) is 0 Å². The van der Waals surface area contributed by atoms with Crippen molar-refractivity contribution in [2.75, 3.05) is 6.61 Å². The van der Waals surface area contributed by atoms with Gasteiger partial charge in [0.25, 0.3) is 0 Å². The van der Waals surface area contributed by atoms with Crippen molar-refractivity contribution in [1.29, 1.82) is 0 Å². The van der Waals surface area contributed by atoms with Crippen LogP contribution in [0.1, 0.15) is 32.1 Å². The lowest BCUT2D eigenvalue weighted by atomic mass is 10.2. The number of pyridine rings is 1. The molecule has 1 aromatic carbocycles. The van der Waals surface area contributed by atoms with Gasteiger partial charge in [0.2, 0.25) is 0 Å². The van der Waals surface area contributed by atoms with Gasteiger partial charge in [0.05, 0.1) is 24.6 Å². The molecule has 1 N–H and O–H groups in total. The normalized spacial score (nSPS) is 11.9. The van der Waals surface area contributed by atoms with Crippen LogP contribution in [0.4, 0.5) is 0 Å². The molecule has 0 bridgehead atoms. The van der Waals surface area contributed by atoms with E-state index >= 15 is 0 Å². The number of hydrogen-bond donors (Lipinski definition) is 1. The van der Waals surface area contributed by atoms with Crippen LogP contribution in [0.25, 0.3) is 0 Å². The molecule has 0 aliphatic carbocycles. The monoisotopic (exact) mass is 273 g/mol. The Morgan fingerprint density at radius 2 is 1.85 bits per heavy atom. The standard InChI is InChI=1S/C16H19NO3/c1-3-14(18)13-10-9-12(11-17-13)20-16-8-6-5-7-15(16)19-4-2/h5-11,14,18H,3-4H2,1-2H3/t14-/m1/s1. The molecule has 1 heterocycles. The third kappa shape index (κ3) is 3.48. The van der Waals surface area contributed by atoms with Gasteiger partial charge in [-0.15, -0.1) is 0 Å². The molecule has 0 aliphatic rings. The lowest BCUT2D eigenvalue weighted by Crippen LogP contribution is -1.99. The second-order valence-electron chi connectivity index (χ2n) is 4.32. The molecule has 0 radical (unpaired) electrons. The number of rotatable bonds is 6. The fraction of sp³-hybridized carbons (Fsp3) is 0.312. The Kier molecular flexibility index (Phi) is 4.96. The summed E-state index contributed by atoms with van der Waals surface area (Å²) < 4.78 is 11.3. The van der Waals surface area contributed by atoms with E-state index in [1.807, 2.05) is 38.1 Å². The third-order valence-corrected chi connectivity index (χ3v) is 2.86. The average Bonchev–Trinajstić information content (AvgIpc) is 2.49. The van der Waals surface area contributed by atoms with Crippen molar-refractivity contribution in [2.24, 2.45) is 0 Å². The molecular formula is C16H19NO3.